The summed E-state index contributed by atoms with van der Waals surface area (Å²) in [7, 11) is 0. The second-order valence-electron chi connectivity index (χ2n) is 9.71. The molecule has 0 radical (unpaired) electrons. The Labute approximate surface area is 195 Å². The predicted molar refractivity (Wildman–Crippen MR) is 133 cm³/mol. The van der Waals surface area contributed by atoms with Gasteiger partial charge >= 0.3 is 6.03 Å². The predicted octanol–water partition coefficient (Wildman–Crippen LogP) is 7.97. The smallest absolute Gasteiger partial charge is 0.319 e. The summed E-state index contributed by atoms with van der Waals surface area (Å²) in [5.74, 6) is 0.656. The van der Waals surface area contributed by atoms with Gasteiger partial charge in [-0.05, 0) is 54.0 Å². The molecule has 1 aromatic heterocycles. The maximum atomic E-state index is 13.1. The molecule has 0 unspecified atom stereocenters. The van der Waals surface area contributed by atoms with Crippen molar-refractivity contribution < 1.29 is 9.21 Å². The highest BCUT2D eigenvalue weighted by Crippen LogP contribution is 2.44. The zero-order valence-corrected chi connectivity index (χ0v) is 20.2. The van der Waals surface area contributed by atoms with E-state index in [-0.39, 0.29) is 11.4 Å². The number of halogens is 1. The lowest BCUT2D eigenvalue weighted by Gasteiger charge is -2.29. The number of carbonyl (C=O) groups is 1. The number of carbonyl (C=O) groups excluding carboxylic acids is 1. The fraction of sp³-hybridized carbons (Fsp3) is 0.444. The van der Waals surface area contributed by atoms with Gasteiger partial charge in [-0.2, -0.15) is 0 Å². The van der Waals surface area contributed by atoms with Crippen LogP contribution in [0.15, 0.2) is 47.1 Å². The van der Waals surface area contributed by atoms with Gasteiger partial charge in [0.1, 0.15) is 5.58 Å². The van der Waals surface area contributed by atoms with Crippen molar-refractivity contribution in [1.29, 1.82) is 0 Å². The second-order valence-corrected chi connectivity index (χ2v) is 10.1. The summed E-state index contributed by atoms with van der Waals surface area (Å²) in [6.07, 6.45) is 6.22. The van der Waals surface area contributed by atoms with Crippen molar-refractivity contribution in [3.63, 3.8) is 0 Å². The first-order valence-corrected chi connectivity index (χ1v) is 12.0. The van der Waals surface area contributed by atoms with E-state index in [4.69, 9.17) is 16.0 Å². The van der Waals surface area contributed by atoms with E-state index in [1.807, 2.05) is 24.5 Å². The number of nitrogens with one attached hydrogen (secondary N) is 2. The zero-order chi connectivity index (χ0) is 22.9. The maximum absolute atomic E-state index is 13.1. The Morgan fingerprint density at radius 1 is 1.06 bits per heavy atom. The third kappa shape index (κ3) is 4.38. The van der Waals surface area contributed by atoms with E-state index in [1.165, 1.54) is 16.7 Å². The van der Waals surface area contributed by atoms with Crippen molar-refractivity contribution in [1.82, 2.24) is 5.32 Å². The van der Waals surface area contributed by atoms with E-state index in [9.17, 15) is 4.79 Å². The third-order valence-corrected chi connectivity index (χ3v) is 7.10. The van der Waals surface area contributed by atoms with Crippen LogP contribution in [0, 0.1) is 0 Å². The first kappa shape index (κ1) is 22.7. The number of hydrogen-bond donors (Lipinski definition) is 2. The molecule has 2 aromatic carbocycles. The minimum absolute atomic E-state index is 0.116. The maximum Gasteiger partial charge on any atom is 0.319 e. The molecule has 0 spiro atoms. The minimum Gasteiger partial charge on any atom is -0.464 e. The van der Waals surface area contributed by atoms with Crippen LogP contribution >= 0.6 is 11.6 Å². The average Bonchev–Trinajstić information content (AvgIpc) is 3.39. The molecule has 4 rings (SSSR count). The van der Waals surface area contributed by atoms with Gasteiger partial charge in [0, 0.05) is 33.6 Å². The Balaban J connectivity index is 1.56. The van der Waals surface area contributed by atoms with E-state index < -0.39 is 0 Å². The van der Waals surface area contributed by atoms with Crippen LogP contribution in [0.25, 0.3) is 11.0 Å². The fourth-order valence-corrected chi connectivity index (χ4v) is 5.27. The van der Waals surface area contributed by atoms with Crippen molar-refractivity contribution >= 4 is 34.3 Å². The standard InChI is InChI=1S/C27H33ClN2O2/c1-17(2)20-8-7-9-21(18(3)4)25(20)30-26(31)29-16-27(12-5-6-13-27)23-15-32-24-14-19(28)10-11-22(23)24/h7-11,14-15,17-18H,5-6,12-13,16H2,1-4H3,(H2,29,30,31). The number of fused-ring (bicyclic) bond motifs is 1. The molecule has 4 nitrogen and oxygen atoms in total. The Bertz CT molecular complexity index is 1080. The van der Waals surface area contributed by atoms with Crippen molar-refractivity contribution in [2.45, 2.75) is 70.6 Å². The summed E-state index contributed by atoms with van der Waals surface area (Å²) in [6.45, 7) is 9.22. The summed E-state index contributed by atoms with van der Waals surface area (Å²) in [4.78, 5) is 13.1. The number of anilines is 1. The number of benzene rings is 2. The first-order chi connectivity index (χ1) is 15.3. The lowest BCUT2D eigenvalue weighted by atomic mass is 9.78. The van der Waals surface area contributed by atoms with Gasteiger partial charge in [-0.1, -0.05) is 70.3 Å². The fourth-order valence-electron chi connectivity index (χ4n) is 5.11. The van der Waals surface area contributed by atoms with Gasteiger partial charge in [-0.3, -0.25) is 0 Å². The lowest BCUT2D eigenvalue weighted by molar-refractivity contribution is 0.248. The van der Waals surface area contributed by atoms with Gasteiger partial charge in [0.2, 0.25) is 0 Å². The molecule has 2 N–H and O–H groups in total. The Kier molecular flexibility index (Phi) is 6.52. The monoisotopic (exact) mass is 452 g/mol. The van der Waals surface area contributed by atoms with E-state index in [0.29, 0.717) is 23.4 Å². The summed E-state index contributed by atoms with van der Waals surface area (Å²) < 4.78 is 5.84. The number of amides is 2. The van der Waals surface area contributed by atoms with Crippen molar-refractivity contribution in [3.8, 4) is 0 Å². The van der Waals surface area contributed by atoms with Crippen LogP contribution in [0.5, 0.6) is 0 Å². The summed E-state index contributed by atoms with van der Waals surface area (Å²) in [6, 6.07) is 11.9. The molecule has 1 aliphatic rings. The molecule has 5 heteroatoms. The second kappa shape index (κ2) is 9.19. The molecule has 1 aliphatic carbocycles. The summed E-state index contributed by atoms with van der Waals surface area (Å²) >= 11 is 6.15. The van der Waals surface area contributed by atoms with Crippen LogP contribution in [0.4, 0.5) is 10.5 Å². The van der Waals surface area contributed by atoms with Gasteiger partial charge in [0.25, 0.3) is 0 Å². The van der Waals surface area contributed by atoms with E-state index in [2.05, 4.69) is 56.5 Å². The molecule has 0 saturated heterocycles. The van der Waals surface area contributed by atoms with Gasteiger partial charge in [0.15, 0.2) is 0 Å². The van der Waals surface area contributed by atoms with Crippen molar-refractivity contribution in [2.75, 3.05) is 11.9 Å². The quantitative estimate of drug-likeness (QED) is 0.398. The van der Waals surface area contributed by atoms with Crippen LogP contribution in [0.2, 0.25) is 5.02 Å². The van der Waals surface area contributed by atoms with Crippen LogP contribution in [-0.2, 0) is 5.41 Å². The highest BCUT2D eigenvalue weighted by molar-refractivity contribution is 6.31. The lowest BCUT2D eigenvalue weighted by Crippen LogP contribution is -2.41. The van der Waals surface area contributed by atoms with Gasteiger partial charge < -0.3 is 15.1 Å². The molecule has 1 saturated carbocycles. The molecule has 0 aliphatic heterocycles. The van der Waals surface area contributed by atoms with Crippen molar-refractivity contribution in [2.24, 2.45) is 0 Å². The largest absolute Gasteiger partial charge is 0.464 e. The highest BCUT2D eigenvalue weighted by Gasteiger charge is 2.38. The van der Waals surface area contributed by atoms with Gasteiger partial charge in [0.05, 0.1) is 6.26 Å². The van der Waals surface area contributed by atoms with E-state index >= 15 is 0 Å². The molecule has 0 atom stereocenters. The van der Waals surface area contributed by atoms with E-state index in [1.54, 1.807) is 0 Å². The Morgan fingerprint density at radius 3 is 2.34 bits per heavy atom. The van der Waals surface area contributed by atoms with Crippen LogP contribution in [-0.4, -0.2) is 12.6 Å². The molecule has 2 amide bonds. The average molecular weight is 453 g/mol. The topological polar surface area (TPSA) is 54.3 Å². The minimum atomic E-state index is -0.151. The molecule has 1 fully saturated rings. The molecular formula is C27H33ClN2O2. The van der Waals surface area contributed by atoms with Gasteiger partial charge in [-0.15, -0.1) is 0 Å². The van der Waals surface area contributed by atoms with E-state index in [0.717, 1.165) is 42.3 Å². The summed E-state index contributed by atoms with van der Waals surface area (Å²) in [5, 5.41) is 8.13. The first-order valence-electron chi connectivity index (χ1n) is 11.7. The molecule has 1 heterocycles. The van der Waals surface area contributed by atoms with Crippen LogP contribution < -0.4 is 10.6 Å². The molecule has 170 valence electrons. The zero-order valence-electron chi connectivity index (χ0n) is 19.4. The number of furan rings is 1. The SMILES string of the molecule is CC(C)c1cccc(C(C)C)c1NC(=O)NCC1(c2coc3cc(Cl)ccc23)CCCC1. The molecule has 32 heavy (non-hydrogen) atoms. The summed E-state index contributed by atoms with van der Waals surface area (Å²) in [5.41, 5.74) is 5.13. The third-order valence-electron chi connectivity index (χ3n) is 6.87. The number of rotatable bonds is 6. The van der Waals surface area contributed by atoms with Crippen LogP contribution in [0.1, 0.15) is 81.9 Å². The molecule has 3 aromatic rings. The molecule has 0 bridgehead atoms. The number of para-hydroxylation sites is 1. The number of hydrogen-bond acceptors (Lipinski definition) is 2. The highest BCUT2D eigenvalue weighted by atomic mass is 35.5. The van der Waals surface area contributed by atoms with Crippen LogP contribution in [0.3, 0.4) is 0 Å². The number of urea groups is 1. The Hall–Kier alpha value is -2.46. The molecular weight excluding hydrogens is 420 g/mol. The Morgan fingerprint density at radius 2 is 1.72 bits per heavy atom. The normalized spacial score (nSPS) is 15.6. The van der Waals surface area contributed by atoms with Gasteiger partial charge in [-0.25, -0.2) is 4.79 Å². The van der Waals surface area contributed by atoms with Crippen molar-refractivity contribution in [3.05, 3.63) is 64.4 Å².